The molecule has 0 aliphatic heterocycles. The number of nitrogens with zero attached hydrogens (tertiary/aromatic N) is 1. The van der Waals surface area contributed by atoms with Gasteiger partial charge in [0.2, 0.25) is 0 Å². The second-order valence-corrected chi connectivity index (χ2v) is 3.29. The van der Waals surface area contributed by atoms with Gasteiger partial charge < -0.3 is 26.6 Å². The molecule has 0 spiro atoms. The molecule has 0 aliphatic rings. The van der Waals surface area contributed by atoms with Crippen molar-refractivity contribution in [3.8, 4) is 0 Å². The van der Waals surface area contributed by atoms with Crippen molar-refractivity contribution >= 4 is 17.3 Å². The fourth-order valence-electron chi connectivity index (χ4n) is 1.14. The molecule has 0 radical (unpaired) electrons. The Bertz CT molecular complexity index is 320. The second-order valence-electron chi connectivity index (χ2n) is 3.29. The number of aromatic nitrogens is 1. The number of ether oxygens (including phenoxy) is 1. The van der Waals surface area contributed by atoms with Crippen molar-refractivity contribution in [1.29, 1.82) is 0 Å². The number of nitrogens with one attached hydrogen (secondary N) is 1. The Morgan fingerprint density at radius 1 is 1.31 bits per heavy atom. The van der Waals surface area contributed by atoms with Crippen LogP contribution in [0.15, 0.2) is 12.1 Å². The zero-order chi connectivity index (χ0) is 11.8. The summed E-state index contributed by atoms with van der Waals surface area (Å²) in [6.07, 6.45) is 0.839. The van der Waals surface area contributed by atoms with Gasteiger partial charge in [-0.3, -0.25) is 0 Å². The quantitative estimate of drug-likeness (QED) is 0.490. The fourth-order valence-corrected chi connectivity index (χ4v) is 1.14. The lowest BCUT2D eigenvalue weighted by molar-refractivity contribution is 0.0922. The minimum Gasteiger partial charge on any atom is -0.396 e. The molecule has 16 heavy (non-hydrogen) atoms. The van der Waals surface area contributed by atoms with Gasteiger partial charge in [0.15, 0.2) is 0 Å². The molecule has 1 aromatic heterocycles. The Morgan fingerprint density at radius 2 is 2.12 bits per heavy atom. The standard InChI is InChI=1S/C10H18N4O2/c11-8-2-3-9(14-10(8)12)13-4-1-6-16-7-5-15/h2-3,15H,1,4-7,11H2,(H3,12,13,14). The van der Waals surface area contributed by atoms with E-state index in [2.05, 4.69) is 10.3 Å². The predicted octanol–water partition coefficient (Wildman–Crippen LogP) is 0.0569. The molecule has 1 aromatic rings. The van der Waals surface area contributed by atoms with Crippen LogP contribution in [0.25, 0.3) is 0 Å². The number of hydrogen-bond acceptors (Lipinski definition) is 6. The largest absolute Gasteiger partial charge is 0.396 e. The summed E-state index contributed by atoms with van der Waals surface area (Å²) >= 11 is 0. The van der Waals surface area contributed by atoms with Crippen molar-refractivity contribution in [2.75, 3.05) is 43.1 Å². The topological polar surface area (TPSA) is 106 Å². The Morgan fingerprint density at radius 3 is 2.81 bits per heavy atom. The van der Waals surface area contributed by atoms with E-state index in [1.165, 1.54) is 0 Å². The first-order valence-electron chi connectivity index (χ1n) is 5.18. The third kappa shape index (κ3) is 4.33. The Balaban J connectivity index is 2.19. The number of anilines is 3. The van der Waals surface area contributed by atoms with Crippen LogP contribution in [0, 0.1) is 0 Å². The number of rotatable bonds is 7. The number of nitrogen functional groups attached to an aromatic ring is 2. The molecule has 6 heteroatoms. The molecule has 0 amide bonds. The lowest BCUT2D eigenvalue weighted by Crippen LogP contribution is -2.09. The molecular weight excluding hydrogens is 208 g/mol. The molecule has 1 heterocycles. The van der Waals surface area contributed by atoms with Gasteiger partial charge in [0, 0.05) is 13.2 Å². The zero-order valence-corrected chi connectivity index (χ0v) is 9.15. The highest BCUT2D eigenvalue weighted by Crippen LogP contribution is 2.14. The van der Waals surface area contributed by atoms with Gasteiger partial charge in [-0.1, -0.05) is 0 Å². The fraction of sp³-hybridized carbons (Fsp3) is 0.500. The van der Waals surface area contributed by atoms with Crippen LogP contribution in [-0.4, -0.2) is 36.5 Å². The van der Waals surface area contributed by atoms with Gasteiger partial charge in [-0.05, 0) is 18.6 Å². The van der Waals surface area contributed by atoms with Crippen LogP contribution in [0.1, 0.15) is 6.42 Å². The molecule has 6 N–H and O–H groups in total. The normalized spacial score (nSPS) is 10.3. The number of aliphatic hydroxyl groups is 1. The average molecular weight is 226 g/mol. The van der Waals surface area contributed by atoms with Crippen LogP contribution >= 0.6 is 0 Å². The molecule has 0 saturated heterocycles. The van der Waals surface area contributed by atoms with Crippen molar-refractivity contribution < 1.29 is 9.84 Å². The van der Waals surface area contributed by atoms with E-state index in [9.17, 15) is 0 Å². The SMILES string of the molecule is Nc1ccc(NCCCOCCO)nc1N. The van der Waals surface area contributed by atoms with Gasteiger partial charge in [0.25, 0.3) is 0 Å². The summed E-state index contributed by atoms with van der Waals surface area (Å²) in [5, 5.41) is 11.6. The minimum atomic E-state index is 0.0590. The molecule has 0 aliphatic carbocycles. The van der Waals surface area contributed by atoms with Crippen molar-refractivity contribution in [3.63, 3.8) is 0 Å². The van der Waals surface area contributed by atoms with Gasteiger partial charge in [-0.15, -0.1) is 0 Å². The van der Waals surface area contributed by atoms with E-state index in [-0.39, 0.29) is 6.61 Å². The lowest BCUT2D eigenvalue weighted by atomic mass is 10.3. The summed E-state index contributed by atoms with van der Waals surface area (Å²) in [5.41, 5.74) is 11.6. The number of pyridine rings is 1. The second kappa shape index (κ2) is 6.86. The van der Waals surface area contributed by atoms with Crippen molar-refractivity contribution in [2.24, 2.45) is 0 Å². The van der Waals surface area contributed by atoms with Crippen molar-refractivity contribution in [2.45, 2.75) is 6.42 Å². The number of aliphatic hydroxyl groups excluding tert-OH is 1. The highest BCUT2D eigenvalue weighted by Gasteiger charge is 1.98. The van der Waals surface area contributed by atoms with E-state index in [0.717, 1.165) is 13.0 Å². The monoisotopic (exact) mass is 226 g/mol. The molecule has 0 atom stereocenters. The van der Waals surface area contributed by atoms with Crippen LogP contribution in [0.3, 0.4) is 0 Å². The van der Waals surface area contributed by atoms with E-state index in [4.69, 9.17) is 21.3 Å². The van der Waals surface area contributed by atoms with E-state index in [1.807, 2.05) is 0 Å². The van der Waals surface area contributed by atoms with Gasteiger partial charge in [0.1, 0.15) is 11.6 Å². The van der Waals surface area contributed by atoms with Gasteiger partial charge in [-0.2, -0.15) is 0 Å². The van der Waals surface area contributed by atoms with Crippen LogP contribution in [0.2, 0.25) is 0 Å². The maximum Gasteiger partial charge on any atom is 0.149 e. The van der Waals surface area contributed by atoms with E-state index in [0.29, 0.717) is 30.5 Å². The molecule has 0 saturated carbocycles. The molecule has 1 rings (SSSR count). The maximum absolute atomic E-state index is 8.48. The third-order valence-electron chi connectivity index (χ3n) is 1.96. The van der Waals surface area contributed by atoms with Gasteiger partial charge in [0.05, 0.1) is 18.9 Å². The first-order chi connectivity index (χ1) is 7.74. The minimum absolute atomic E-state index is 0.0590. The molecule has 90 valence electrons. The molecular formula is C10H18N4O2. The number of nitrogens with two attached hydrogens (primary N) is 2. The molecule has 0 aromatic carbocycles. The molecule has 0 bridgehead atoms. The van der Waals surface area contributed by atoms with E-state index >= 15 is 0 Å². The first-order valence-corrected chi connectivity index (χ1v) is 5.18. The van der Waals surface area contributed by atoms with Crippen molar-refractivity contribution in [1.82, 2.24) is 4.98 Å². The summed E-state index contributed by atoms with van der Waals surface area (Å²) in [5.74, 6) is 1.04. The highest BCUT2D eigenvalue weighted by atomic mass is 16.5. The zero-order valence-electron chi connectivity index (χ0n) is 9.15. The van der Waals surface area contributed by atoms with Crippen LogP contribution in [0.4, 0.5) is 17.3 Å². The van der Waals surface area contributed by atoms with Crippen LogP contribution in [0.5, 0.6) is 0 Å². The number of hydrogen-bond donors (Lipinski definition) is 4. The predicted molar refractivity (Wildman–Crippen MR) is 64.1 cm³/mol. The Labute approximate surface area is 94.6 Å². The summed E-state index contributed by atoms with van der Waals surface area (Å²) in [4.78, 5) is 4.07. The Hall–Kier alpha value is -1.53. The summed E-state index contributed by atoms with van der Waals surface area (Å²) in [6.45, 7) is 1.79. The average Bonchev–Trinajstić information content (AvgIpc) is 2.28. The first kappa shape index (κ1) is 12.5. The lowest BCUT2D eigenvalue weighted by Gasteiger charge is -2.07. The summed E-state index contributed by atoms with van der Waals surface area (Å²) in [6, 6.07) is 3.49. The van der Waals surface area contributed by atoms with E-state index in [1.54, 1.807) is 12.1 Å². The molecule has 6 nitrogen and oxygen atoms in total. The highest BCUT2D eigenvalue weighted by molar-refractivity contribution is 5.61. The van der Waals surface area contributed by atoms with Gasteiger partial charge >= 0.3 is 0 Å². The smallest absolute Gasteiger partial charge is 0.149 e. The van der Waals surface area contributed by atoms with Crippen molar-refractivity contribution in [3.05, 3.63) is 12.1 Å². The summed E-state index contributed by atoms with van der Waals surface area (Å²) in [7, 11) is 0. The maximum atomic E-state index is 8.48. The third-order valence-corrected chi connectivity index (χ3v) is 1.96. The Kier molecular flexibility index (Phi) is 5.38. The van der Waals surface area contributed by atoms with E-state index < -0.39 is 0 Å². The molecule has 0 fully saturated rings. The van der Waals surface area contributed by atoms with Crippen LogP contribution in [-0.2, 0) is 4.74 Å². The molecule has 0 unspecified atom stereocenters. The summed E-state index contributed by atoms with van der Waals surface area (Å²) < 4.78 is 5.11. The van der Waals surface area contributed by atoms with Gasteiger partial charge in [-0.25, -0.2) is 4.98 Å². The van der Waals surface area contributed by atoms with Crippen LogP contribution < -0.4 is 16.8 Å².